The molecule has 1 aliphatic rings. The fourth-order valence-corrected chi connectivity index (χ4v) is 3.80. The van der Waals surface area contributed by atoms with Gasteiger partial charge in [-0.15, -0.1) is 0 Å². The molecule has 1 atom stereocenters. The van der Waals surface area contributed by atoms with Crippen LogP contribution in [0.5, 0.6) is 5.75 Å². The molecule has 21 heavy (non-hydrogen) atoms. The fraction of sp³-hybridized carbons (Fsp3) is 0.368. The Morgan fingerprint density at radius 3 is 2.67 bits per heavy atom. The highest BCUT2D eigenvalue weighted by molar-refractivity contribution is 9.09. The lowest BCUT2D eigenvalue weighted by atomic mass is 9.95. The summed E-state index contributed by atoms with van der Waals surface area (Å²) >= 11 is 3.88. The molecule has 1 heterocycles. The topological polar surface area (TPSA) is 9.23 Å². The van der Waals surface area contributed by atoms with Crippen LogP contribution in [0.4, 0.5) is 0 Å². The first-order valence-electron chi connectivity index (χ1n) is 7.39. The molecule has 0 aliphatic carbocycles. The monoisotopic (exact) mass is 344 g/mol. The Labute approximate surface area is 135 Å². The van der Waals surface area contributed by atoms with Crippen LogP contribution in [-0.2, 0) is 6.42 Å². The van der Waals surface area contributed by atoms with Crippen molar-refractivity contribution in [3.63, 3.8) is 0 Å². The van der Waals surface area contributed by atoms with Crippen LogP contribution in [0.25, 0.3) is 0 Å². The molecule has 110 valence electrons. The predicted octanol–water partition coefficient (Wildman–Crippen LogP) is 5.50. The number of hydrogen-bond acceptors (Lipinski definition) is 1. The van der Waals surface area contributed by atoms with Gasteiger partial charge in [0.05, 0.1) is 4.83 Å². The van der Waals surface area contributed by atoms with Crippen LogP contribution in [-0.4, -0.2) is 5.60 Å². The second-order valence-corrected chi connectivity index (χ2v) is 7.47. The predicted molar refractivity (Wildman–Crippen MR) is 91.5 cm³/mol. The Morgan fingerprint density at radius 1 is 1.14 bits per heavy atom. The van der Waals surface area contributed by atoms with E-state index in [1.807, 2.05) is 0 Å². The zero-order chi connectivity index (χ0) is 15.2. The maximum Gasteiger partial charge on any atom is 0.123 e. The molecule has 1 nitrogen and oxygen atoms in total. The Hall–Kier alpha value is -1.28. The summed E-state index contributed by atoms with van der Waals surface area (Å²) in [5.41, 5.74) is 6.56. The third-order valence-electron chi connectivity index (χ3n) is 4.30. The molecule has 0 aromatic heterocycles. The number of hydrogen-bond donors (Lipinski definition) is 0. The third-order valence-corrected chi connectivity index (χ3v) is 5.32. The smallest absolute Gasteiger partial charge is 0.123 e. The van der Waals surface area contributed by atoms with E-state index in [1.165, 1.54) is 27.8 Å². The summed E-state index contributed by atoms with van der Waals surface area (Å²) in [6.45, 7) is 8.64. The van der Waals surface area contributed by atoms with Crippen molar-refractivity contribution in [2.75, 3.05) is 0 Å². The van der Waals surface area contributed by atoms with Gasteiger partial charge in [-0.05, 0) is 61.6 Å². The molecule has 0 saturated carbocycles. The first-order chi connectivity index (χ1) is 9.87. The van der Waals surface area contributed by atoms with Crippen molar-refractivity contribution in [3.8, 4) is 5.75 Å². The molecular weight excluding hydrogens is 324 g/mol. The lowest BCUT2D eigenvalue weighted by Gasteiger charge is -2.16. The molecule has 0 saturated heterocycles. The van der Waals surface area contributed by atoms with Gasteiger partial charge in [0.2, 0.25) is 0 Å². The molecule has 2 heteroatoms. The normalized spacial score (nSPS) is 17.2. The maximum absolute atomic E-state index is 5.96. The summed E-state index contributed by atoms with van der Waals surface area (Å²) in [7, 11) is 0. The lowest BCUT2D eigenvalue weighted by molar-refractivity contribution is 0.138. The van der Waals surface area contributed by atoms with Gasteiger partial charge in [-0.2, -0.15) is 0 Å². The molecule has 0 amide bonds. The van der Waals surface area contributed by atoms with Crippen LogP contribution in [0.1, 0.15) is 46.5 Å². The van der Waals surface area contributed by atoms with Crippen molar-refractivity contribution in [2.24, 2.45) is 0 Å². The molecular formula is C19H21BrO. The molecule has 1 aliphatic heterocycles. The fourth-order valence-electron chi connectivity index (χ4n) is 3.02. The van der Waals surface area contributed by atoms with Crippen molar-refractivity contribution in [1.29, 1.82) is 0 Å². The van der Waals surface area contributed by atoms with Gasteiger partial charge in [-0.3, -0.25) is 0 Å². The zero-order valence-electron chi connectivity index (χ0n) is 13.0. The van der Waals surface area contributed by atoms with E-state index in [0.29, 0.717) is 0 Å². The van der Waals surface area contributed by atoms with Crippen molar-refractivity contribution >= 4 is 15.9 Å². The largest absolute Gasteiger partial charge is 0.487 e. The summed E-state index contributed by atoms with van der Waals surface area (Å²) < 4.78 is 5.96. The van der Waals surface area contributed by atoms with Crippen LogP contribution < -0.4 is 4.74 Å². The standard InChI is InChI=1S/C19H21BrO/c1-12-6-5-7-16(13(12)2)18(20)14-8-9-17-15(10-14)11-19(3,4)21-17/h5-10,18H,11H2,1-4H3. The number of halogens is 1. The molecule has 2 aromatic carbocycles. The quantitative estimate of drug-likeness (QED) is 0.653. The minimum absolute atomic E-state index is 0.0813. The van der Waals surface area contributed by atoms with Gasteiger partial charge in [0, 0.05) is 6.42 Å². The summed E-state index contributed by atoms with van der Waals surface area (Å²) in [6, 6.07) is 13.1. The van der Waals surface area contributed by atoms with Crippen molar-refractivity contribution in [2.45, 2.75) is 44.5 Å². The average molecular weight is 345 g/mol. The first-order valence-corrected chi connectivity index (χ1v) is 8.31. The van der Waals surface area contributed by atoms with Gasteiger partial charge in [0.1, 0.15) is 11.4 Å². The van der Waals surface area contributed by atoms with Crippen LogP contribution >= 0.6 is 15.9 Å². The van der Waals surface area contributed by atoms with Crippen LogP contribution in [0, 0.1) is 13.8 Å². The highest BCUT2D eigenvalue weighted by Crippen LogP contribution is 2.40. The maximum atomic E-state index is 5.96. The van der Waals surface area contributed by atoms with Gasteiger partial charge in [-0.1, -0.05) is 46.3 Å². The molecule has 0 radical (unpaired) electrons. The summed E-state index contributed by atoms with van der Waals surface area (Å²) in [5.74, 6) is 1.03. The molecule has 1 unspecified atom stereocenters. The number of ether oxygens (including phenoxy) is 1. The molecule has 2 aromatic rings. The van der Waals surface area contributed by atoms with Gasteiger partial charge in [-0.25, -0.2) is 0 Å². The highest BCUT2D eigenvalue weighted by Gasteiger charge is 2.30. The lowest BCUT2D eigenvalue weighted by Crippen LogP contribution is -2.24. The summed E-state index contributed by atoms with van der Waals surface area (Å²) in [6.07, 6.45) is 0.975. The van der Waals surface area contributed by atoms with E-state index < -0.39 is 0 Å². The zero-order valence-corrected chi connectivity index (χ0v) is 14.6. The minimum Gasteiger partial charge on any atom is -0.487 e. The van der Waals surface area contributed by atoms with Crippen LogP contribution in [0.2, 0.25) is 0 Å². The SMILES string of the molecule is Cc1cccc(C(Br)c2ccc3c(c2)CC(C)(C)O3)c1C. The Morgan fingerprint density at radius 2 is 1.90 bits per heavy atom. The van der Waals surface area contributed by atoms with Crippen LogP contribution in [0.15, 0.2) is 36.4 Å². The molecule has 0 spiro atoms. The van der Waals surface area contributed by atoms with E-state index in [0.717, 1.165) is 12.2 Å². The van der Waals surface area contributed by atoms with E-state index in [1.54, 1.807) is 0 Å². The molecule has 0 fully saturated rings. The summed E-state index contributed by atoms with van der Waals surface area (Å²) in [4.78, 5) is 0.228. The van der Waals surface area contributed by atoms with Gasteiger partial charge < -0.3 is 4.74 Å². The van der Waals surface area contributed by atoms with Gasteiger partial charge in [0.15, 0.2) is 0 Å². The minimum atomic E-state index is -0.0813. The molecule has 0 N–H and O–H groups in total. The van der Waals surface area contributed by atoms with E-state index in [4.69, 9.17) is 4.74 Å². The third kappa shape index (κ3) is 2.74. The number of rotatable bonds is 2. The first kappa shape index (κ1) is 14.6. The van der Waals surface area contributed by atoms with E-state index in [2.05, 4.69) is 80.0 Å². The molecule has 3 rings (SSSR count). The van der Waals surface area contributed by atoms with Crippen LogP contribution in [0.3, 0.4) is 0 Å². The van der Waals surface area contributed by atoms with Gasteiger partial charge in [0.25, 0.3) is 0 Å². The van der Waals surface area contributed by atoms with E-state index >= 15 is 0 Å². The van der Waals surface area contributed by atoms with E-state index in [-0.39, 0.29) is 10.4 Å². The van der Waals surface area contributed by atoms with Gasteiger partial charge >= 0.3 is 0 Å². The number of fused-ring (bicyclic) bond motifs is 1. The summed E-state index contributed by atoms with van der Waals surface area (Å²) in [5, 5.41) is 0. The Bertz CT molecular complexity index is 688. The van der Waals surface area contributed by atoms with Crippen molar-refractivity contribution in [1.82, 2.24) is 0 Å². The Balaban J connectivity index is 1.97. The van der Waals surface area contributed by atoms with E-state index in [9.17, 15) is 0 Å². The second kappa shape index (κ2) is 5.17. The number of alkyl halides is 1. The Kier molecular flexibility index (Phi) is 3.61. The molecule has 0 bridgehead atoms. The average Bonchev–Trinajstić information content (AvgIpc) is 2.73. The van der Waals surface area contributed by atoms with Crippen molar-refractivity contribution < 1.29 is 4.74 Å². The number of aryl methyl sites for hydroxylation is 1. The van der Waals surface area contributed by atoms with Crippen molar-refractivity contribution in [3.05, 3.63) is 64.2 Å². The highest BCUT2D eigenvalue weighted by atomic mass is 79.9. The number of benzene rings is 2. The second-order valence-electron chi connectivity index (χ2n) is 6.56.